The molecule has 0 aliphatic heterocycles. The van der Waals surface area contributed by atoms with E-state index < -0.39 is 30.1 Å². The van der Waals surface area contributed by atoms with Gasteiger partial charge in [0, 0.05) is 11.5 Å². The molecule has 22 heavy (non-hydrogen) atoms. The van der Waals surface area contributed by atoms with Crippen molar-refractivity contribution in [3.05, 3.63) is 40.0 Å². The van der Waals surface area contributed by atoms with Gasteiger partial charge in [-0.3, -0.25) is 14.4 Å². The molecule has 1 aliphatic rings. The largest absolute Gasteiger partial charge is 0.506 e. The molecule has 1 aliphatic carbocycles. The molecule has 0 fully saturated rings. The molecular formula is C16H17NO5. The summed E-state index contributed by atoms with van der Waals surface area (Å²) >= 11 is 0. The highest BCUT2D eigenvalue weighted by Crippen LogP contribution is 2.37. The van der Waals surface area contributed by atoms with Crippen molar-refractivity contribution in [2.75, 3.05) is 6.54 Å². The normalized spacial score (nSPS) is 17.2. The average molecular weight is 303 g/mol. The van der Waals surface area contributed by atoms with Crippen molar-refractivity contribution in [1.82, 2.24) is 5.32 Å². The van der Waals surface area contributed by atoms with Gasteiger partial charge in [-0.05, 0) is 30.5 Å². The molecular weight excluding hydrogens is 286 g/mol. The van der Waals surface area contributed by atoms with Crippen molar-refractivity contribution >= 4 is 23.4 Å². The van der Waals surface area contributed by atoms with Gasteiger partial charge in [0.25, 0.3) is 5.91 Å². The van der Waals surface area contributed by atoms with E-state index in [0.717, 1.165) is 11.1 Å². The van der Waals surface area contributed by atoms with Gasteiger partial charge in [0.2, 0.25) is 0 Å². The van der Waals surface area contributed by atoms with Gasteiger partial charge in [-0.25, -0.2) is 0 Å². The highest BCUT2D eigenvalue weighted by atomic mass is 16.4. The van der Waals surface area contributed by atoms with E-state index in [0.29, 0.717) is 11.1 Å². The third-order valence-electron chi connectivity index (χ3n) is 3.98. The fourth-order valence-corrected chi connectivity index (χ4v) is 2.58. The van der Waals surface area contributed by atoms with Gasteiger partial charge in [0.15, 0.2) is 5.78 Å². The number of carboxylic acid groups (broad SMARTS) is 1. The second kappa shape index (κ2) is 5.63. The number of carboxylic acids is 1. The molecule has 2 rings (SSSR count). The van der Waals surface area contributed by atoms with Crippen LogP contribution in [0.5, 0.6) is 0 Å². The first-order valence-electron chi connectivity index (χ1n) is 6.83. The van der Waals surface area contributed by atoms with Gasteiger partial charge in [-0.15, -0.1) is 0 Å². The number of Topliss-reactive ketones (excluding diaryl/α,β-unsaturated/α-hetero) is 1. The molecule has 6 nitrogen and oxygen atoms in total. The Labute approximate surface area is 127 Å². The molecule has 1 aromatic carbocycles. The minimum absolute atomic E-state index is 0.380. The molecule has 3 N–H and O–H groups in total. The fourth-order valence-electron chi connectivity index (χ4n) is 2.58. The molecule has 0 bridgehead atoms. The van der Waals surface area contributed by atoms with Gasteiger partial charge in [-0.1, -0.05) is 19.1 Å². The van der Waals surface area contributed by atoms with E-state index in [2.05, 4.69) is 5.32 Å². The minimum atomic E-state index is -1.22. The highest BCUT2D eigenvalue weighted by molar-refractivity contribution is 6.27. The van der Waals surface area contributed by atoms with Crippen LogP contribution in [0.2, 0.25) is 0 Å². The zero-order valence-corrected chi connectivity index (χ0v) is 12.6. The first-order chi connectivity index (χ1) is 10.3. The second-order valence-electron chi connectivity index (χ2n) is 5.36. The van der Waals surface area contributed by atoms with Gasteiger partial charge in [0.05, 0.1) is 0 Å². The lowest BCUT2D eigenvalue weighted by atomic mass is 9.79. The molecule has 0 aromatic heterocycles. The van der Waals surface area contributed by atoms with Crippen LogP contribution in [-0.2, 0) is 14.4 Å². The van der Waals surface area contributed by atoms with Gasteiger partial charge in [-0.2, -0.15) is 0 Å². The smallest absolute Gasteiger partial charge is 0.322 e. The number of aliphatic hydroxyl groups excluding tert-OH is 1. The first kappa shape index (κ1) is 15.8. The number of aliphatic carboxylic acids is 1. The van der Waals surface area contributed by atoms with E-state index in [-0.39, 0.29) is 11.3 Å². The molecule has 1 aromatic rings. The zero-order valence-electron chi connectivity index (χ0n) is 12.6. The van der Waals surface area contributed by atoms with Crippen molar-refractivity contribution in [3.8, 4) is 0 Å². The molecule has 6 heteroatoms. The number of carbonyl (C=O) groups is 3. The van der Waals surface area contributed by atoms with Crippen LogP contribution in [0.4, 0.5) is 0 Å². The maximum atomic E-state index is 12.4. The van der Waals surface area contributed by atoms with E-state index >= 15 is 0 Å². The molecule has 116 valence electrons. The SMILES string of the molecule is Cc1ccc2c(c1C)C(O)=C(C(=O)NCC(=O)O)C(=O)C2C. The van der Waals surface area contributed by atoms with E-state index in [1.54, 1.807) is 19.9 Å². The Balaban J connectivity index is 2.57. The lowest BCUT2D eigenvalue weighted by Crippen LogP contribution is -2.36. The van der Waals surface area contributed by atoms with Crippen molar-refractivity contribution in [2.45, 2.75) is 26.7 Å². The van der Waals surface area contributed by atoms with Crippen LogP contribution in [0.25, 0.3) is 5.76 Å². The summed E-state index contributed by atoms with van der Waals surface area (Å²) in [7, 11) is 0. The Morgan fingerprint density at radius 3 is 2.50 bits per heavy atom. The quantitative estimate of drug-likeness (QED) is 0.733. The first-order valence-corrected chi connectivity index (χ1v) is 6.83. The number of carbonyl (C=O) groups excluding carboxylic acids is 2. The number of hydrogen-bond donors (Lipinski definition) is 3. The summed E-state index contributed by atoms with van der Waals surface area (Å²) in [6, 6.07) is 3.63. The Morgan fingerprint density at radius 2 is 1.91 bits per heavy atom. The van der Waals surface area contributed by atoms with E-state index in [4.69, 9.17) is 5.11 Å². The monoisotopic (exact) mass is 303 g/mol. The number of hydrogen-bond acceptors (Lipinski definition) is 4. The van der Waals surface area contributed by atoms with Crippen LogP contribution in [0, 0.1) is 13.8 Å². The van der Waals surface area contributed by atoms with E-state index in [1.165, 1.54) is 0 Å². The zero-order chi connectivity index (χ0) is 16.6. The number of aliphatic hydroxyl groups is 1. The molecule has 1 amide bonds. The van der Waals surface area contributed by atoms with Crippen LogP contribution in [-0.4, -0.2) is 34.4 Å². The minimum Gasteiger partial charge on any atom is -0.506 e. The Kier molecular flexibility index (Phi) is 4.03. The van der Waals surface area contributed by atoms with Gasteiger partial charge < -0.3 is 15.5 Å². The van der Waals surface area contributed by atoms with E-state index in [9.17, 15) is 19.5 Å². The van der Waals surface area contributed by atoms with Crippen molar-refractivity contribution < 1.29 is 24.6 Å². The van der Waals surface area contributed by atoms with Crippen LogP contribution in [0.3, 0.4) is 0 Å². The summed E-state index contributed by atoms with van der Waals surface area (Å²) in [6.45, 7) is 4.72. The Hall–Kier alpha value is -2.63. The van der Waals surface area contributed by atoms with E-state index in [1.807, 2.05) is 13.0 Å². The number of amides is 1. The predicted octanol–water partition coefficient (Wildman–Crippen LogP) is 1.46. The third-order valence-corrected chi connectivity index (χ3v) is 3.98. The number of benzene rings is 1. The highest BCUT2D eigenvalue weighted by Gasteiger charge is 2.36. The van der Waals surface area contributed by atoms with Crippen LogP contribution in [0.1, 0.15) is 35.1 Å². The summed E-state index contributed by atoms with van der Waals surface area (Å²) in [5, 5.41) is 21.1. The lowest BCUT2D eigenvalue weighted by Gasteiger charge is -2.25. The topological polar surface area (TPSA) is 104 Å². The van der Waals surface area contributed by atoms with Crippen LogP contribution in [0.15, 0.2) is 17.7 Å². The molecule has 0 radical (unpaired) electrons. The second-order valence-corrected chi connectivity index (χ2v) is 5.36. The molecule has 1 atom stereocenters. The number of ketones is 1. The molecule has 0 spiro atoms. The van der Waals surface area contributed by atoms with Crippen molar-refractivity contribution in [2.24, 2.45) is 0 Å². The Bertz CT molecular complexity index is 717. The molecule has 0 heterocycles. The van der Waals surface area contributed by atoms with Gasteiger partial charge >= 0.3 is 5.97 Å². The molecule has 1 unspecified atom stereocenters. The summed E-state index contributed by atoms with van der Waals surface area (Å²) in [6.07, 6.45) is 0. The molecule has 0 saturated carbocycles. The average Bonchev–Trinajstić information content (AvgIpc) is 2.45. The summed E-state index contributed by atoms with van der Waals surface area (Å²) in [4.78, 5) is 34.9. The van der Waals surface area contributed by atoms with Crippen molar-refractivity contribution in [3.63, 3.8) is 0 Å². The fraction of sp³-hybridized carbons (Fsp3) is 0.312. The van der Waals surface area contributed by atoms with Crippen molar-refractivity contribution in [1.29, 1.82) is 0 Å². The maximum absolute atomic E-state index is 12.4. The standard InChI is InChI=1S/C16H17NO5/c1-7-4-5-10-9(3)14(20)13(15(21)12(10)8(7)2)16(22)17-6-11(18)19/h4-5,9,21H,6H2,1-3H3,(H,17,22)(H,18,19). The summed E-state index contributed by atoms with van der Waals surface area (Å²) in [5.74, 6) is -3.57. The predicted molar refractivity (Wildman–Crippen MR) is 79.5 cm³/mol. The molecule has 0 saturated heterocycles. The van der Waals surface area contributed by atoms with Crippen LogP contribution < -0.4 is 5.32 Å². The number of rotatable bonds is 3. The maximum Gasteiger partial charge on any atom is 0.322 e. The lowest BCUT2D eigenvalue weighted by molar-refractivity contribution is -0.137. The number of nitrogens with one attached hydrogen (secondary N) is 1. The summed E-state index contributed by atoms with van der Waals surface area (Å²) in [5.41, 5.74) is 2.48. The Morgan fingerprint density at radius 1 is 1.27 bits per heavy atom. The van der Waals surface area contributed by atoms with Gasteiger partial charge in [0.1, 0.15) is 17.9 Å². The van der Waals surface area contributed by atoms with Crippen LogP contribution >= 0.6 is 0 Å². The number of fused-ring (bicyclic) bond motifs is 1. The summed E-state index contributed by atoms with van der Waals surface area (Å²) < 4.78 is 0. The number of aryl methyl sites for hydroxylation is 1. The third kappa shape index (κ3) is 2.47.